The van der Waals surface area contributed by atoms with Crippen LogP contribution < -0.4 is 5.84 Å². The highest BCUT2D eigenvalue weighted by Gasteiger charge is 2.34. The van der Waals surface area contributed by atoms with Crippen molar-refractivity contribution >= 4 is 27.5 Å². The lowest BCUT2D eigenvalue weighted by Crippen LogP contribution is -2.41. The van der Waals surface area contributed by atoms with Gasteiger partial charge in [0.1, 0.15) is 5.82 Å². The molecule has 2 heterocycles. The molecule has 32 heavy (non-hydrogen) atoms. The topological polar surface area (TPSA) is 111 Å². The summed E-state index contributed by atoms with van der Waals surface area (Å²) in [7, 11) is -3.15. The maximum atomic E-state index is 13.5. The Morgan fingerprint density at radius 2 is 1.97 bits per heavy atom. The summed E-state index contributed by atoms with van der Waals surface area (Å²) >= 11 is 1.10. The van der Waals surface area contributed by atoms with Crippen LogP contribution in [0.1, 0.15) is 12.0 Å². The highest BCUT2D eigenvalue weighted by Crippen LogP contribution is 2.25. The van der Waals surface area contributed by atoms with E-state index in [0.29, 0.717) is 23.7 Å². The summed E-state index contributed by atoms with van der Waals surface area (Å²) in [4.78, 5) is 14.7. The van der Waals surface area contributed by atoms with Crippen molar-refractivity contribution in [3.63, 3.8) is 0 Å². The van der Waals surface area contributed by atoms with E-state index in [2.05, 4.69) is 10.2 Å². The molecule has 3 aromatic rings. The summed E-state index contributed by atoms with van der Waals surface area (Å²) in [5.41, 5.74) is 1.39. The molecule has 0 spiro atoms. The first-order valence-corrected chi connectivity index (χ1v) is 12.8. The number of sulfone groups is 1. The predicted molar refractivity (Wildman–Crippen MR) is 120 cm³/mol. The van der Waals surface area contributed by atoms with Crippen molar-refractivity contribution in [3.8, 4) is 11.4 Å². The molecule has 0 aliphatic carbocycles. The Morgan fingerprint density at radius 3 is 2.66 bits per heavy atom. The van der Waals surface area contributed by atoms with Gasteiger partial charge in [-0.15, -0.1) is 10.2 Å². The molecule has 2 N–H and O–H groups in total. The lowest BCUT2D eigenvalue weighted by Gasteiger charge is -2.28. The van der Waals surface area contributed by atoms with Gasteiger partial charge in [-0.25, -0.2) is 17.5 Å². The van der Waals surface area contributed by atoms with E-state index in [0.717, 1.165) is 17.3 Å². The molecule has 1 aliphatic heterocycles. The molecule has 0 unspecified atom stereocenters. The third-order valence-corrected chi connectivity index (χ3v) is 7.92. The summed E-state index contributed by atoms with van der Waals surface area (Å²) in [6.45, 7) is 0.324. The molecule has 1 fully saturated rings. The largest absolute Gasteiger partial charge is 0.335 e. The summed E-state index contributed by atoms with van der Waals surface area (Å²) in [5, 5.41) is 8.33. The zero-order chi connectivity index (χ0) is 22.7. The van der Waals surface area contributed by atoms with E-state index in [4.69, 9.17) is 5.84 Å². The van der Waals surface area contributed by atoms with Crippen LogP contribution >= 0.6 is 11.8 Å². The minimum absolute atomic E-state index is 0.0157. The fourth-order valence-corrected chi connectivity index (χ4v) is 6.10. The van der Waals surface area contributed by atoms with Crippen LogP contribution in [0.5, 0.6) is 0 Å². The van der Waals surface area contributed by atoms with Gasteiger partial charge in [0, 0.05) is 18.2 Å². The Balaban J connectivity index is 1.49. The number of nitrogen functional groups attached to an aromatic ring is 1. The van der Waals surface area contributed by atoms with Crippen LogP contribution in [0.25, 0.3) is 11.4 Å². The van der Waals surface area contributed by atoms with Crippen LogP contribution in [0.4, 0.5) is 4.39 Å². The number of aromatic nitrogens is 3. The summed E-state index contributed by atoms with van der Waals surface area (Å²) < 4.78 is 38.7. The van der Waals surface area contributed by atoms with Gasteiger partial charge in [-0.2, -0.15) is 0 Å². The number of carbonyl (C=O) groups is 1. The van der Waals surface area contributed by atoms with Gasteiger partial charge >= 0.3 is 0 Å². The Hall–Kier alpha value is -2.92. The number of halogens is 1. The third-order valence-electron chi connectivity index (χ3n) is 5.24. The number of benzene rings is 2. The van der Waals surface area contributed by atoms with Gasteiger partial charge in [-0.1, -0.05) is 54.2 Å². The lowest BCUT2D eigenvalue weighted by molar-refractivity contribution is -0.130. The van der Waals surface area contributed by atoms with Gasteiger partial charge in [0.2, 0.25) is 11.1 Å². The summed E-state index contributed by atoms with van der Waals surface area (Å²) in [5.74, 6) is 5.78. The first kappa shape index (κ1) is 22.3. The van der Waals surface area contributed by atoms with E-state index in [9.17, 15) is 17.6 Å². The Bertz CT molecular complexity index is 1220. The number of hydrogen-bond donors (Lipinski definition) is 1. The number of rotatable bonds is 7. The van der Waals surface area contributed by atoms with Crippen molar-refractivity contribution < 1.29 is 17.6 Å². The molecule has 2 aromatic carbocycles. The van der Waals surface area contributed by atoms with Gasteiger partial charge in [0.25, 0.3) is 0 Å². The average molecular weight is 476 g/mol. The SMILES string of the molecule is Nn1c(SCC(=O)N(Cc2ccccc2)[C@H]2CCS(=O)(=O)C2)nnc1-c1cccc(F)c1. The van der Waals surface area contributed by atoms with E-state index in [-0.39, 0.29) is 35.0 Å². The van der Waals surface area contributed by atoms with Crippen molar-refractivity contribution in [2.75, 3.05) is 23.1 Å². The van der Waals surface area contributed by atoms with Gasteiger partial charge in [0.15, 0.2) is 15.7 Å². The van der Waals surface area contributed by atoms with Crippen LogP contribution in [0.2, 0.25) is 0 Å². The third kappa shape index (κ3) is 5.10. The molecule has 0 saturated carbocycles. The number of nitrogens with zero attached hydrogens (tertiary/aromatic N) is 4. The smallest absolute Gasteiger partial charge is 0.233 e. The first-order valence-electron chi connectivity index (χ1n) is 9.95. The number of carbonyl (C=O) groups excluding carboxylic acids is 1. The first-order chi connectivity index (χ1) is 15.3. The standard InChI is InChI=1S/C21H22FN5O3S2/c22-17-8-4-7-16(11-17)20-24-25-21(27(20)23)31-13-19(28)26(12-15-5-2-1-3-6-15)18-9-10-32(29,30)14-18/h1-8,11,18H,9-10,12-14,23H2/t18-/m0/s1. The highest BCUT2D eigenvalue weighted by atomic mass is 32.2. The van der Waals surface area contributed by atoms with Crippen LogP contribution in [0, 0.1) is 5.82 Å². The van der Waals surface area contributed by atoms with E-state index >= 15 is 0 Å². The summed E-state index contributed by atoms with van der Waals surface area (Å²) in [6.07, 6.45) is 0.419. The maximum absolute atomic E-state index is 13.5. The maximum Gasteiger partial charge on any atom is 0.233 e. The Labute approximate surface area is 189 Å². The van der Waals surface area contributed by atoms with Gasteiger partial charge in [-0.05, 0) is 24.1 Å². The van der Waals surface area contributed by atoms with Crippen LogP contribution in [0.15, 0.2) is 59.8 Å². The van der Waals surface area contributed by atoms with Gasteiger partial charge in [0.05, 0.1) is 17.3 Å². The second kappa shape index (κ2) is 9.29. The van der Waals surface area contributed by atoms with Crippen molar-refractivity contribution in [1.82, 2.24) is 19.8 Å². The van der Waals surface area contributed by atoms with Crippen LogP contribution in [-0.2, 0) is 21.2 Å². The molecule has 1 aromatic heterocycles. The molecule has 0 radical (unpaired) electrons. The fourth-order valence-electron chi connectivity index (χ4n) is 3.63. The molecule has 4 rings (SSSR count). The van der Waals surface area contributed by atoms with E-state index < -0.39 is 15.7 Å². The summed E-state index contributed by atoms with van der Waals surface area (Å²) in [6, 6.07) is 14.9. The van der Waals surface area contributed by atoms with Crippen molar-refractivity contribution in [1.29, 1.82) is 0 Å². The molecule has 8 nitrogen and oxygen atoms in total. The Morgan fingerprint density at radius 1 is 1.19 bits per heavy atom. The molecule has 168 valence electrons. The van der Waals surface area contributed by atoms with Gasteiger partial charge < -0.3 is 10.7 Å². The second-order valence-electron chi connectivity index (χ2n) is 7.54. The van der Waals surface area contributed by atoms with E-state index in [1.807, 2.05) is 30.3 Å². The zero-order valence-corrected chi connectivity index (χ0v) is 18.7. The molecular formula is C21H22FN5O3S2. The zero-order valence-electron chi connectivity index (χ0n) is 17.1. The van der Waals surface area contributed by atoms with E-state index in [1.54, 1.807) is 17.0 Å². The van der Waals surface area contributed by atoms with Crippen LogP contribution in [-0.4, -0.2) is 57.4 Å². The van der Waals surface area contributed by atoms with Crippen molar-refractivity contribution in [2.45, 2.75) is 24.2 Å². The number of hydrogen-bond acceptors (Lipinski definition) is 7. The molecule has 11 heteroatoms. The monoisotopic (exact) mass is 475 g/mol. The number of thioether (sulfide) groups is 1. The molecule has 1 aliphatic rings. The minimum atomic E-state index is -3.15. The quantitative estimate of drug-likeness (QED) is 0.411. The van der Waals surface area contributed by atoms with Gasteiger partial charge in [-0.3, -0.25) is 4.79 Å². The highest BCUT2D eigenvalue weighted by molar-refractivity contribution is 7.99. The lowest BCUT2D eigenvalue weighted by atomic mass is 10.1. The number of nitrogens with two attached hydrogens (primary N) is 1. The minimum Gasteiger partial charge on any atom is -0.335 e. The second-order valence-corrected chi connectivity index (χ2v) is 10.7. The molecule has 0 bridgehead atoms. The Kier molecular flexibility index (Phi) is 6.47. The normalized spacial score (nSPS) is 17.3. The van der Waals surface area contributed by atoms with E-state index in [1.165, 1.54) is 16.8 Å². The fraction of sp³-hybridized carbons (Fsp3) is 0.286. The molecule has 1 saturated heterocycles. The van der Waals surface area contributed by atoms with Crippen molar-refractivity contribution in [3.05, 3.63) is 66.0 Å². The molecular weight excluding hydrogens is 453 g/mol. The predicted octanol–water partition coefficient (Wildman–Crippen LogP) is 2.11. The van der Waals surface area contributed by atoms with Crippen molar-refractivity contribution in [2.24, 2.45) is 0 Å². The van der Waals surface area contributed by atoms with Crippen LogP contribution in [0.3, 0.4) is 0 Å². The number of amides is 1. The molecule has 1 atom stereocenters. The molecule has 1 amide bonds. The average Bonchev–Trinajstić information content (AvgIpc) is 3.32.